The molecule has 1 aromatic rings. The number of amides is 4. The molecule has 0 aromatic carbocycles. The number of urea groups is 1. The lowest BCUT2D eigenvalue weighted by molar-refractivity contribution is -0.151. The van der Waals surface area contributed by atoms with E-state index < -0.39 is 36.6 Å². The van der Waals surface area contributed by atoms with E-state index in [1.807, 2.05) is 17.5 Å². The van der Waals surface area contributed by atoms with E-state index in [0.717, 1.165) is 16.2 Å². The van der Waals surface area contributed by atoms with E-state index in [-0.39, 0.29) is 17.2 Å². The van der Waals surface area contributed by atoms with Gasteiger partial charge in [-0.05, 0) is 42.0 Å². The van der Waals surface area contributed by atoms with E-state index in [2.05, 4.69) is 31.4 Å². The van der Waals surface area contributed by atoms with E-state index in [1.165, 1.54) is 11.3 Å². The molecular weight excluding hydrogens is 394 g/mol. The molecule has 2 N–H and O–H groups in total. The van der Waals surface area contributed by atoms with Gasteiger partial charge in [0.1, 0.15) is 12.1 Å². The van der Waals surface area contributed by atoms with Crippen molar-refractivity contribution < 1.29 is 23.9 Å². The van der Waals surface area contributed by atoms with Crippen LogP contribution in [0, 0.1) is 11.3 Å². The van der Waals surface area contributed by atoms with Gasteiger partial charge in [-0.2, -0.15) is 0 Å². The number of hydrogen-bond donors (Lipinski definition) is 2. The minimum atomic E-state index is -0.962. The Morgan fingerprint density at radius 3 is 2.76 bits per heavy atom. The lowest BCUT2D eigenvalue weighted by atomic mass is 9.64. The molecule has 1 saturated carbocycles. The maximum atomic E-state index is 13.0. The summed E-state index contributed by atoms with van der Waals surface area (Å²) < 4.78 is 4.95. The number of hydrogen-bond acceptors (Lipinski definition) is 6. The fraction of sp³-hybridized carbons (Fsp3) is 0.600. The quantitative estimate of drug-likeness (QED) is 0.540. The van der Waals surface area contributed by atoms with Gasteiger partial charge in [0.2, 0.25) is 0 Å². The van der Waals surface area contributed by atoms with Crippen LogP contribution in [0.1, 0.15) is 44.9 Å². The van der Waals surface area contributed by atoms with Gasteiger partial charge in [-0.3, -0.25) is 19.3 Å². The molecule has 1 aromatic heterocycles. The number of thiophene rings is 1. The number of rotatable bonds is 6. The van der Waals surface area contributed by atoms with Crippen LogP contribution in [0.15, 0.2) is 17.5 Å². The van der Waals surface area contributed by atoms with Crippen molar-refractivity contribution in [3.05, 3.63) is 22.4 Å². The number of carbonyl (C=O) groups excluding carboxylic acids is 4. The van der Waals surface area contributed by atoms with Crippen molar-refractivity contribution in [2.75, 3.05) is 13.2 Å². The number of nitrogens with one attached hydrogen (secondary N) is 2. The van der Waals surface area contributed by atoms with Crippen LogP contribution in [0.3, 0.4) is 0 Å². The highest BCUT2D eigenvalue weighted by atomic mass is 32.1. The second kappa shape index (κ2) is 8.14. The first-order valence-electron chi connectivity index (χ1n) is 9.69. The summed E-state index contributed by atoms with van der Waals surface area (Å²) in [6, 6.07) is 3.18. The summed E-state index contributed by atoms with van der Waals surface area (Å²) in [6.07, 6.45) is 2.06. The molecule has 2 fully saturated rings. The van der Waals surface area contributed by atoms with Gasteiger partial charge in [0.25, 0.3) is 11.8 Å². The van der Waals surface area contributed by atoms with Gasteiger partial charge in [-0.1, -0.05) is 26.8 Å². The van der Waals surface area contributed by atoms with Crippen molar-refractivity contribution in [3.63, 3.8) is 0 Å². The molecule has 2 heterocycles. The van der Waals surface area contributed by atoms with Crippen molar-refractivity contribution >= 4 is 35.2 Å². The fourth-order valence-electron chi connectivity index (χ4n) is 4.62. The SMILES string of the molecule is C[C@H]1CC(C)(C)C[C@@]2(C1)NC(=O)N(CC(=O)OCC(=O)NCc1cccs1)C2=O. The lowest BCUT2D eigenvalue weighted by Crippen LogP contribution is -2.54. The van der Waals surface area contributed by atoms with Crippen LogP contribution in [-0.2, 0) is 25.7 Å². The molecule has 2 aliphatic rings. The summed E-state index contributed by atoms with van der Waals surface area (Å²) in [7, 11) is 0. The van der Waals surface area contributed by atoms with Crippen molar-refractivity contribution in [1.82, 2.24) is 15.5 Å². The summed E-state index contributed by atoms with van der Waals surface area (Å²) in [6.45, 7) is 5.62. The first-order chi connectivity index (χ1) is 13.6. The van der Waals surface area contributed by atoms with Gasteiger partial charge in [0, 0.05) is 4.88 Å². The van der Waals surface area contributed by atoms with Crippen molar-refractivity contribution in [3.8, 4) is 0 Å². The second-order valence-corrected chi connectivity index (χ2v) is 9.81. The maximum Gasteiger partial charge on any atom is 0.326 e. The van der Waals surface area contributed by atoms with Gasteiger partial charge < -0.3 is 15.4 Å². The monoisotopic (exact) mass is 421 g/mol. The van der Waals surface area contributed by atoms with E-state index in [0.29, 0.717) is 19.4 Å². The molecule has 1 saturated heterocycles. The third kappa shape index (κ3) is 4.95. The molecule has 9 heteroatoms. The molecule has 4 amide bonds. The Morgan fingerprint density at radius 1 is 1.34 bits per heavy atom. The number of esters is 1. The van der Waals surface area contributed by atoms with Crippen LogP contribution in [0.2, 0.25) is 0 Å². The zero-order valence-electron chi connectivity index (χ0n) is 16.9. The highest BCUT2D eigenvalue weighted by Gasteiger charge is 2.56. The molecular formula is C20H27N3O5S. The summed E-state index contributed by atoms with van der Waals surface area (Å²) in [5, 5.41) is 7.36. The topological polar surface area (TPSA) is 105 Å². The number of nitrogens with zero attached hydrogens (tertiary/aromatic N) is 1. The molecule has 158 valence electrons. The van der Waals surface area contributed by atoms with E-state index in [4.69, 9.17) is 4.74 Å². The van der Waals surface area contributed by atoms with Gasteiger partial charge >= 0.3 is 12.0 Å². The van der Waals surface area contributed by atoms with Crippen LogP contribution < -0.4 is 10.6 Å². The average Bonchev–Trinajstić information content (AvgIpc) is 3.19. The normalized spacial score (nSPS) is 25.8. The Bertz CT molecular complexity index is 807. The molecule has 1 aliphatic heterocycles. The van der Waals surface area contributed by atoms with Crippen LogP contribution in [0.25, 0.3) is 0 Å². The third-order valence-electron chi connectivity index (χ3n) is 5.32. The Hall–Kier alpha value is -2.42. The smallest absolute Gasteiger partial charge is 0.326 e. The highest BCUT2D eigenvalue weighted by Crippen LogP contribution is 2.46. The summed E-state index contributed by atoms with van der Waals surface area (Å²) >= 11 is 1.51. The van der Waals surface area contributed by atoms with Gasteiger partial charge in [-0.15, -0.1) is 11.3 Å². The van der Waals surface area contributed by atoms with E-state index in [9.17, 15) is 19.2 Å². The second-order valence-electron chi connectivity index (χ2n) is 8.77. The first kappa shape index (κ1) is 21.3. The highest BCUT2D eigenvalue weighted by molar-refractivity contribution is 7.09. The fourth-order valence-corrected chi connectivity index (χ4v) is 5.26. The lowest BCUT2D eigenvalue weighted by Gasteiger charge is -2.43. The number of ether oxygens (including phenoxy) is 1. The van der Waals surface area contributed by atoms with Crippen LogP contribution >= 0.6 is 11.3 Å². The Labute approximate surface area is 174 Å². The largest absolute Gasteiger partial charge is 0.454 e. The number of imide groups is 1. The molecule has 1 spiro atoms. The zero-order chi connectivity index (χ0) is 21.2. The van der Waals surface area contributed by atoms with Gasteiger partial charge in [0.15, 0.2) is 6.61 Å². The average molecular weight is 422 g/mol. The molecule has 8 nitrogen and oxygen atoms in total. The maximum absolute atomic E-state index is 13.0. The van der Waals surface area contributed by atoms with Crippen LogP contribution in [0.4, 0.5) is 4.79 Å². The standard InChI is InChI=1S/C20H27N3O5S/c1-13-7-19(2,3)12-20(8-13)17(26)23(18(27)22-20)10-16(25)28-11-15(24)21-9-14-5-4-6-29-14/h4-6,13H,7-12H2,1-3H3,(H,21,24)(H,22,27)/t13-,20+/m0/s1. The van der Waals surface area contributed by atoms with Crippen molar-refractivity contribution in [1.29, 1.82) is 0 Å². The Balaban J connectivity index is 1.52. The Kier molecular flexibility index (Phi) is 5.97. The molecule has 2 atom stereocenters. The molecule has 29 heavy (non-hydrogen) atoms. The minimum Gasteiger partial charge on any atom is -0.454 e. The van der Waals surface area contributed by atoms with Crippen molar-refractivity contribution in [2.24, 2.45) is 11.3 Å². The zero-order valence-corrected chi connectivity index (χ0v) is 17.8. The molecule has 0 unspecified atom stereocenters. The van der Waals surface area contributed by atoms with Crippen LogP contribution in [-0.4, -0.2) is 47.4 Å². The third-order valence-corrected chi connectivity index (χ3v) is 6.19. The number of carbonyl (C=O) groups is 4. The first-order valence-corrected chi connectivity index (χ1v) is 10.6. The van der Waals surface area contributed by atoms with Crippen LogP contribution in [0.5, 0.6) is 0 Å². The molecule has 1 aliphatic carbocycles. The molecule has 3 rings (SSSR count). The molecule has 0 radical (unpaired) electrons. The van der Waals surface area contributed by atoms with Gasteiger partial charge in [0.05, 0.1) is 6.54 Å². The van der Waals surface area contributed by atoms with E-state index >= 15 is 0 Å². The summed E-state index contributed by atoms with van der Waals surface area (Å²) in [5.74, 6) is -1.34. The van der Waals surface area contributed by atoms with E-state index in [1.54, 1.807) is 0 Å². The Morgan fingerprint density at radius 2 is 2.10 bits per heavy atom. The predicted molar refractivity (Wildman–Crippen MR) is 107 cm³/mol. The van der Waals surface area contributed by atoms with Gasteiger partial charge in [-0.25, -0.2) is 4.79 Å². The summed E-state index contributed by atoms with van der Waals surface area (Å²) in [4.78, 5) is 51.2. The van der Waals surface area contributed by atoms with Crippen molar-refractivity contribution in [2.45, 2.75) is 52.1 Å². The molecule has 0 bridgehead atoms. The summed E-state index contributed by atoms with van der Waals surface area (Å²) in [5.41, 5.74) is -1.05. The minimum absolute atomic E-state index is 0.0855. The predicted octanol–water partition coefficient (Wildman–Crippen LogP) is 2.04.